The molecule has 0 spiro atoms. The summed E-state index contributed by atoms with van der Waals surface area (Å²) in [5.74, 6) is -0.723. The molecular weight excluding hydrogens is 235 g/mol. The van der Waals surface area contributed by atoms with Gasteiger partial charge < -0.3 is 15.4 Å². The number of carbonyl (C=O) groups is 1. The molecule has 0 bridgehead atoms. The summed E-state index contributed by atoms with van der Waals surface area (Å²) >= 11 is 0. The third-order valence-electron chi connectivity index (χ3n) is 2.35. The number of hydrogen-bond acceptors (Lipinski definition) is 3. The van der Waals surface area contributed by atoms with Crippen LogP contribution >= 0.6 is 0 Å². The maximum Gasteiger partial charge on any atom is 0.253 e. The van der Waals surface area contributed by atoms with Gasteiger partial charge in [-0.25, -0.2) is 4.39 Å². The molecule has 0 aliphatic rings. The number of halogens is 1. The van der Waals surface area contributed by atoms with Crippen molar-refractivity contribution < 1.29 is 13.9 Å². The predicted octanol–water partition coefficient (Wildman–Crippen LogP) is 2.02. The summed E-state index contributed by atoms with van der Waals surface area (Å²) in [5.41, 5.74) is 0.558. The average Bonchev–Trinajstić information content (AvgIpc) is 2.37. The van der Waals surface area contributed by atoms with E-state index in [2.05, 4.69) is 10.6 Å². The number of hydrogen-bond donors (Lipinski definition) is 2. The van der Waals surface area contributed by atoms with Crippen LogP contribution in [0.25, 0.3) is 0 Å². The van der Waals surface area contributed by atoms with Crippen LogP contribution in [0.5, 0.6) is 0 Å². The smallest absolute Gasteiger partial charge is 0.253 e. The normalized spacial score (nSPS) is 10.2. The quantitative estimate of drug-likeness (QED) is 0.732. The summed E-state index contributed by atoms with van der Waals surface area (Å²) in [7, 11) is 0. The molecule has 18 heavy (non-hydrogen) atoms. The Balaban J connectivity index is 2.69. The maximum atomic E-state index is 13.6. The van der Waals surface area contributed by atoms with Crippen LogP contribution in [0.3, 0.4) is 0 Å². The summed E-state index contributed by atoms with van der Waals surface area (Å²) in [6, 6.07) is 4.44. The van der Waals surface area contributed by atoms with E-state index in [9.17, 15) is 9.18 Å². The first-order valence-corrected chi connectivity index (χ1v) is 6.09. The molecule has 1 aromatic carbocycles. The zero-order chi connectivity index (χ0) is 13.4. The molecular formula is C13H19FN2O2. The highest BCUT2D eigenvalue weighted by atomic mass is 19.1. The lowest BCUT2D eigenvalue weighted by Crippen LogP contribution is -2.28. The van der Waals surface area contributed by atoms with Gasteiger partial charge in [0.1, 0.15) is 5.82 Å². The molecule has 1 rings (SSSR count). The van der Waals surface area contributed by atoms with E-state index >= 15 is 0 Å². The second-order valence-corrected chi connectivity index (χ2v) is 3.65. The molecule has 0 aliphatic carbocycles. The standard InChI is InChI=1S/C13H19FN2O2/c1-3-15-12-10(6-5-7-11(12)14)13(17)16-8-9-18-4-2/h5-7,15H,3-4,8-9H2,1-2H3,(H,16,17). The summed E-state index contributed by atoms with van der Waals surface area (Å²) in [6.07, 6.45) is 0. The number of carbonyl (C=O) groups excluding carboxylic acids is 1. The summed E-state index contributed by atoms with van der Waals surface area (Å²) in [6.45, 7) is 5.77. The number of amides is 1. The Kier molecular flexibility index (Phi) is 6.14. The van der Waals surface area contributed by atoms with Crippen molar-refractivity contribution in [3.8, 4) is 0 Å². The molecule has 0 atom stereocenters. The molecule has 100 valence electrons. The first kappa shape index (κ1) is 14.4. The van der Waals surface area contributed by atoms with Gasteiger partial charge in [0.15, 0.2) is 0 Å². The number of nitrogens with one attached hydrogen (secondary N) is 2. The van der Waals surface area contributed by atoms with Crippen molar-refractivity contribution in [1.82, 2.24) is 5.32 Å². The first-order valence-electron chi connectivity index (χ1n) is 6.09. The Hall–Kier alpha value is -1.62. The molecule has 5 heteroatoms. The lowest BCUT2D eigenvalue weighted by atomic mass is 10.1. The lowest BCUT2D eigenvalue weighted by molar-refractivity contribution is 0.0923. The molecule has 2 N–H and O–H groups in total. The topological polar surface area (TPSA) is 50.4 Å². The Morgan fingerprint density at radius 2 is 2.17 bits per heavy atom. The number of anilines is 1. The van der Waals surface area contributed by atoms with E-state index in [-0.39, 0.29) is 11.6 Å². The summed E-state index contributed by atoms with van der Waals surface area (Å²) in [5, 5.41) is 5.55. The summed E-state index contributed by atoms with van der Waals surface area (Å²) in [4.78, 5) is 11.9. The average molecular weight is 254 g/mol. The van der Waals surface area contributed by atoms with Gasteiger partial charge in [0.2, 0.25) is 0 Å². The Morgan fingerprint density at radius 1 is 1.39 bits per heavy atom. The van der Waals surface area contributed by atoms with Gasteiger partial charge in [0.25, 0.3) is 5.91 Å². The van der Waals surface area contributed by atoms with Gasteiger partial charge in [0.05, 0.1) is 17.9 Å². The van der Waals surface area contributed by atoms with Crippen molar-refractivity contribution in [2.75, 3.05) is 31.6 Å². The molecule has 0 saturated heterocycles. The minimum Gasteiger partial charge on any atom is -0.382 e. The van der Waals surface area contributed by atoms with Crippen molar-refractivity contribution >= 4 is 11.6 Å². The Morgan fingerprint density at radius 3 is 2.83 bits per heavy atom. The van der Waals surface area contributed by atoms with Crippen LogP contribution in [-0.2, 0) is 4.74 Å². The highest BCUT2D eigenvalue weighted by molar-refractivity contribution is 5.99. The van der Waals surface area contributed by atoms with E-state index < -0.39 is 5.82 Å². The molecule has 4 nitrogen and oxygen atoms in total. The van der Waals surface area contributed by atoms with Gasteiger partial charge in [0, 0.05) is 19.7 Å². The highest BCUT2D eigenvalue weighted by Gasteiger charge is 2.13. The van der Waals surface area contributed by atoms with Crippen LogP contribution in [0.15, 0.2) is 18.2 Å². The van der Waals surface area contributed by atoms with Crippen molar-refractivity contribution in [3.63, 3.8) is 0 Å². The minimum absolute atomic E-state index is 0.244. The van der Waals surface area contributed by atoms with E-state index in [0.717, 1.165) is 0 Å². The van der Waals surface area contributed by atoms with Crippen molar-refractivity contribution in [3.05, 3.63) is 29.6 Å². The Bertz CT molecular complexity index is 397. The molecule has 1 amide bonds. The molecule has 0 radical (unpaired) electrons. The first-order chi connectivity index (χ1) is 8.70. The van der Waals surface area contributed by atoms with Crippen LogP contribution in [0.4, 0.5) is 10.1 Å². The molecule has 0 aromatic heterocycles. The lowest BCUT2D eigenvalue weighted by Gasteiger charge is -2.11. The molecule has 1 aromatic rings. The van der Waals surface area contributed by atoms with Crippen LogP contribution in [-0.4, -0.2) is 32.2 Å². The largest absolute Gasteiger partial charge is 0.382 e. The SMILES string of the molecule is CCNc1c(F)cccc1C(=O)NCCOCC. The second-order valence-electron chi connectivity index (χ2n) is 3.65. The number of benzene rings is 1. The van der Waals surface area contributed by atoms with E-state index in [1.807, 2.05) is 13.8 Å². The van der Waals surface area contributed by atoms with Gasteiger partial charge in [-0.1, -0.05) is 6.07 Å². The molecule has 0 unspecified atom stereocenters. The fourth-order valence-corrected chi connectivity index (χ4v) is 1.55. The van der Waals surface area contributed by atoms with Crippen LogP contribution < -0.4 is 10.6 Å². The van der Waals surface area contributed by atoms with Crippen LogP contribution in [0.2, 0.25) is 0 Å². The number of ether oxygens (including phenoxy) is 1. The van der Waals surface area contributed by atoms with Crippen molar-refractivity contribution in [1.29, 1.82) is 0 Å². The van der Waals surface area contributed by atoms with E-state index in [0.29, 0.717) is 31.9 Å². The van der Waals surface area contributed by atoms with Gasteiger partial charge >= 0.3 is 0 Å². The zero-order valence-electron chi connectivity index (χ0n) is 10.8. The highest BCUT2D eigenvalue weighted by Crippen LogP contribution is 2.19. The van der Waals surface area contributed by atoms with Gasteiger partial charge in [-0.3, -0.25) is 4.79 Å². The second kappa shape index (κ2) is 7.66. The van der Waals surface area contributed by atoms with Gasteiger partial charge in [-0.2, -0.15) is 0 Å². The summed E-state index contributed by atoms with van der Waals surface area (Å²) < 4.78 is 18.7. The van der Waals surface area contributed by atoms with Crippen LogP contribution in [0.1, 0.15) is 24.2 Å². The molecule has 0 heterocycles. The molecule has 0 fully saturated rings. The van der Waals surface area contributed by atoms with E-state index in [1.165, 1.54) is 12.1 Å². The van der Waals surface area contributed by atoms with Crippen molar-refractivity contribution in [2.24, 2.45) is 0 Å². The van der Waals surface area contributed by atoms with E-state index in [4.69, 9.17) is 4.74 Å². The maximum absolute atomic E-state index is 13.6. The van der Waals surface area contributed by atoms with Crippen molar-refractivity contribution in [2.45, 2.75) is 13.8 Å². The van der Waals surface area contributed by atoms with E-state index in [1.54, 1.807) is 6.07 Å². The predicted molar refractivity (Wildman–Crippen MR) is 69.4 cm³/mol. The minimum atomic E-state index is -0.422. The third-order valence-corrected chi connectivity index (χ3v) is 2.35. The zero-order valence-corrected chi connectivity index (χ0v) is 10.8. The van der Waals surface area contributed by atoms with Gasteiger partial charge in [-0.15, -0.1) is 0 Å². The number of rotatable bonds is 7. The monoisotopic (exact) mass is 254 g/mol. The number of para-hydroxylation sites is 1. The fraction of sp³-hybridized carbons (Fsp3) is 0.462. The Labute approximate surface area is 107 Å². The van der Waals surface area contributed by atoms with Crippen LogP contribution in [0, 0.1) is 5.82 Å². The third kappa shape index (κ3) is 4.00. The van der Waals surface area contributed by atoms with Gasteiger partial charge in [-0.05, 0) is 26.0 Å². The molecule has 0 aliphatic heterocycles. The molecule has 0 saturated carbocycles. The fourth-order valence-electron chi connectivity index (χ4n) is 1.55.